The zero-order chi connectivity index (χ0) is 19.5. The lowest BCUT2D eigenvalue weighted by Crippen LogP contribution is -2.56. The molecule has 0 aromatic rings. The van der Waals surface area contributed by atoms with Gasteiger partial charge in [-0.3, -0.25) is 9.35 Å². The number of rotatable bonds is 5. The van der Waals surface area contributed by atoms with Crippen LogP contribution in [0.15, 0.2) is 0 Å². The largest absolute Gasteiger partial charge is 0.446 e. The van der Waals surface area contributed by atoms with Gasteiger partial charge < -0.3 is 4.74 Å². The van der Waals surface area contributed by atoms with Gasteiger partial charge >= 0.3 is 18.1 Å². The van der Waals surface area contributed by atoms with Gasteiger partial charge in [0.05, 0.1) is 5.41 Å². The monoisotopic (exact) mass is 406 g/mol. The second kappa shape index (κ2) is 6.02. The molecule has 0 aromatic carbocycles. The maximum absolute atomic E-state index is 13.9. The smallest absolute Gasteiger partial charge is 0.431 e. The topological polar surface area (TPSA) is 80.7 Å². The Morgan fingerprint density at radius 2 is 1.46 bits per heavy atom. The lowest BCUT2D eigenvalue weighted by molar-refractivity contribution is -0.278. The zero-order valence-electron chi connectivity index (χ0n) is 13.6. The van der Waals surface area contributed by atoms with E-state index < -0.39 is 45.5 Å². The van der Waals surface area contributed by atoms with Crippen molar-refractivity contribution in [2.45, 2.75) is 56.7 Å². The summed E-state index contributed by atoms with van der Waals surface area (Å²) in [7, 11) is -5.41. The lowest BCUT2D eigenvalue weighted by atomic mass is 9.49. The predicted octanol–water partition coefficient (Wildman–Crippen LogP) is 3.20. The first-order valence-corrected chi connectivity index (χ1v) is 9.92. The minimum Gasteiger partial charge on any atom is -0.446 e. The van der Waals surface area contributed by atoms with Gasteiger partial charge in [-0.25, -0.2) is 8.78 Å². The molecule has 1 N–H and O–H groups in total. The van der Waals surface area contributed by atoms with Crippen LogP contribution in [-0.4, -0.2) is 42.9 Å². The van der Waals surface area contributed by atoms with Crippen molar-refractivity contribution in [2.24, 2.45) is 23.2 Å². The van der Waals surface area contributed by atoms with Gasteiger partial charge in [0.25, 0.3) is 16.2 Å². The van der Waals surface area contributed by atoms with Crippen molar-refractivity contribution in [3.8, 4) is 0 Å². The number of esters is 1. The van der Waals surface area contributed by atoms with E-state index in [1.54, 1.807) is 0 Å². The molecule has 4 aliphatic carbocycles. The summed E-state index contributed by atoms with van der Waals surface area (Å²) in [5.74, 6) is -8.28. The summed E-state index contributed by atoms with van der Waals surface area (Å²) in [6, 6.07) is 0. The molecule has 5 nitrogen and oxygen atoms in total. The van der Waals surface area contributed by atoms with E-state index in [0.29, 0.717) is 19.3 Å². The van der Waals surface area contributed by atoms with Crippen LogP contribution in [0.4, 0.5) is 22.0 Å². The molecule has 26 heavy (non-hydrogen) atoms. The lowest BCUT2D eigenvalue weighted by Gasteiger charge is -2.55. The molecule has 0 spiro atoms. The highest BCUT2D eigenvalue weighted by molar-refractivity contribution is 7.85. The third-order valence-corrected chi connectivity index (χ3v) is 6.50. The molecule has 0 aliphatic heterocycles. The van der Waals surface area contributed by atoms with Crippen LogP contribution in [0.1, 0.15) is 38.5 Å². The summed E-state index contributed by atoms with van der Waals surface area (Å²) in [6.07, 6.45) is -6.01. The molecule has 150 valence electrons. The molecule has 0 saturated heterocycles. The molecule has 1 atom stereocenters. The van der Waals surface area contributed by atoms with Crippen molar-refractivity contribution >= 4 is 16.1 Å². The van der Waals surface area contributed by atoms with Gasteiger partial charge in [-0.1, -0.05) is 0 Å². The standard InChI is InChI=1S/C15H19F5O5S/c16-14(17,7-26(22,23)24)11(15(18,19)20)25-12(21)13-4-8-1-9(5-13)3-10(2-8)6-13/h8-11H,1-7H2,(H,22,23,24). The van der Waals surface area contributed by atoms with Gasteiger partial charge in [0, 0.05) is 0 Å². The van der Waals surface area contributed by atoms with Gasteiger partial charge in [-0.15, -0.1) is 0 Å². The van der Waals surface area contributed by atoms with Crippen LogP contribution in [0.25, 0.3) is 0 Å². The third kappa shape index (κ3) is 3.83. The Balaban J connectivity index is 1.82. The maximum Gasteiger partial charge on any atom is 0.431 e. The number of alkyl halides is 5. The molecular weight excluding hydrogens is 387 g/mol. The van der Waals surface area contributed by atoms with E-state index in [1.165, 1.54) is 0 Å². The van der Waals surface area contributed by atoms with Crippen LogP contribution in [0, 0.1) is 23.2 Å². The highest BCUT2D eigenvalue weighted by Crippen LogP contribution is 2.60. The highest BCUT2D eigenvalue weighted by Gasteiger charge is 2.63. The van der Waals surface area contributed by atoms with Crippen LogP contribution in [0.2, 0.25) is 0 Å². The summed E-state index contributed by atoms with van der Waals surface area (Å²) >= 11 is 0. The number of carbonyl (C=O) groups is 1. The molecule has 4 rings (SSSR count). The van der Waals surface area contributed by atoms with E-state index in [1.807, 2.05) is 0 Å². The van der Waals surface area contributed by atoms with Crippen LogP contribution in [-0.2, 0) is 19.6 Å². The van der Waals surface area contributed by atoms with Gasteiger partial charge in [0.2, 0.25) is 0 Å². The van der Waals surface area contributed by atoms with Crippen LogP contribution in [0.3, 0.4) is 0 Å². The van der Waals surface area contributed by atoms with Gasteiger partial charge in [-0.2, -0.15) is 21.6 Å². The summed E-state index contributed by atoms with van der Waals surface area (Å²) in [6.45, 7) is 0. The number of hydrogen-bond acceptors (Lipinski definition) is 4. The molecule has 0 aromatic heterocycles. The quantitative estimate of drug-likeness (QED) is 0.431. The first-order chi connectivity index (χ1) is 11.7. The zero-order valence-corrected chi connectivity index (χ0v) is 14.5. The van der Waals surface area contributed by atoms with Crippen molar-refractivity contribution in [3.63, 3.8) is 0 Å². The molecule has 4 bridgehead atoms. The molecule has 4 saturated carbocycles. The fraction of sp³-hybridized carbons (Fsp3) is 0.933. The van der Waals surface area contributed by atoms with E-state index in [-0.39, 0.29) is 17.8 Å². The van der Waals surface area contributed by atoms with Crippen molar-refractivity contribution < 1.29 is 44.5 Å². The van der Waals surface area contributed by atoms with Gasteiger partial charge in [0.1, 0.15) is 5.75 Å². The molecule has 4 fully saturated rings. The van der Waals surface area contributed by atoms with Crippen molar-refractivity contribution in [1.29, 1.82) is 0 Å². The maximum atomic E-state index is 13.9. The molecule has 1 unspecified atom stereocenters. The Morgan fingerprint density at radius 3 is 1.81 bits per heavy atom. The van der Waals surface area contributed by atoms with E-state index >= 15 is 0 Å². The fourth-order valence-electron chi connectivity index (χ4n) is 5.30. The van der Waals surface area contributed by atoms with E-state index in [9.17, 15) is 35.2 Å². The van der Waals surface area contributed by atoms with Crippen molar-refractivity contribution in [3.05, 3.63) is 0 Å². The first kappa shape index (κ1) is 19.8. The molecular formula is C15H19F5O5S. The van der Waals surface area contributed by atoms with E-state index in [0.717, 1.165) is 19.3 Å². The van der Waals surface area contributed by atoms with Crippen LogP contribution < -0.4 is 0 Å². The van der Waals surface area contributed by atoms with E-state index in [4.69, 9.17) is 4.55 Å². The molecule has 11 heteroatoms. The molecule has 0 heterocycles. The first-order valence-electron chi connectivity index (χ1n) is 8.31. The van der Waals surface area contributed by atoms with Gasteiger partial charge in [-0.05, 0) is 56.3 Å². The van der Waals surface area contributed by atoms with Crippen LogP contribution in [0.5, 0.6) is 0 Å². The van der Waals surface area contributed by atoms with Crippen molar-refractivity contribution in [2.75, 3.05) is 5.75 Å². The third-order valence-electron chi connectivity index (χ3n) is 5.75. The number of carbonyl (C=O) groups excluding carboxylic acids is 1. The Kier molecular flexibility index (Phi) is 4.58. The van der Waals surface area contributed by atoms with E-state index in [2.05, 4.69) is 4.74 Å². The number of hydrogen-bond donors (Lipinski definition) is 1. The minimum absolute atomic E-state index is 0.177. The van der Waals surface area contributed by atoms with Gasteiger partial charge in [0.15, 0.2) is 0 Å². The predicted molar refractivity (Wildman–Crippen MR) is 77.9 cm³/mol. The second-order valence-corrected chi connectivity index (χ2v) is 9.46. The highest BCUT2D eigenvalue weighted by atomic mass is 32.2. The Morgan fingerprint density at radius 1 is 1.04 bits per heavy atom. The minimum atomic E-state index is -5.67. The van der Waals surface area contributed by atoms with Crippen LogP contribution >= 0.6 is 0 Å². The normalized spacial score (nSPS) is 35.4. The average molecular weight is 406 g/mol. The number of ether oxygens (including phenoxy) is 1. The Labute approximate surface area is 147 Å². The molecule has 0 amide bonds. The summed E-state index contributed by atoms with van der Waals surface area (Å²) in [5, 5.41) is 0. The summed E-state index contributed by atoms with van der Waals surface area (Å²) < 4.78 is 101. The molecule has 0 radical (unpaired) electrons. The SMILES string of the molecule is O=C(OC(C(F)(F)F)C(F)(F)CS(=O)(=O)O)C12CC3CC(CC(C3)C1)C2. The second-order valence-electron chi connectivity index (χ2n) is 8.01. The summed E-state index contributed by atoms with van der Waals surface area (Å²) in [5.41, 5.74) is -1.20. The fourth-order valence-corrected chi connectivity index (χ4v) is 5.94. The number of halogens is 5. The Bertz CT molecular complexity index is 652. The Hall–Kier alpha value is -0.970. The average Bonchev–Trinajstić information content (AvgIpc) is 2.38. The molecule has 4 aliphatic rings. The van der Waals surface area contributed by atoms with Crippen molar-refractivity contribution in [1.82, 2.24) is 0 Å². The summed E-state index contributed by atoms with van der Waals surface area (Å²) in [4.78, 5) is 12.5.